The van der Waals surface area contributed by atoms with Crippen LogP contribution in [0.2, 0.25) is 0 Å². The summed E-state index contributed by atoms with van der Waals surface area (Å²) in [5, 5.41) is 0. The molecule has 2 aromatic carbocycles. The summed E-state index contributed by atoms with van der Waals surface area (Å²) in [5.74, 6) is 0. The predicted molar refractivity (Wildman–Crippen MR) is 176 cm³/mol. The second-order valence-electron chi connectivity index (χ2n) is 10.6. The monoisotopic (exact) mass is 566 g/mol. The van der Waals surface area contributed by atoms with E-state index >= 15 is 0 Å². The summed E-state index contributed by atoms with van der Waals surface area (Å²) >= 11 is 3.83. The van der Waals surface area contributed by atoms with Gasteiger partial charge in [-0.2, -0.15) is 0 Å². The zero-order valence-corrected chi connectivity index (χ0v) is 24.9. The number of nitrogens with zero attached hydrogens (tertiary/aromatic N) is 2. The summed E-state index contributed by atoms with van der Waals surface area (Å²) in [6.07, 6.45) is 7.22. The van der Waals surface area contributed by atoms with Gasteiger partial charge in [0.25, 0.3) is 0 Å². The Labute approximate surface area is 249 Å². The van der Waals surface area contributed by atoms with Crippen LogP contribution in [0.15, 0.2) is 109 Å². The van der Waals surface area contributed by atoms with Crippen LogP contribution < -0.4 is 0 Å². The molecule has 41 heavy (non-hydrogen) atoms. The number of benzene rings is 2. The van der Waals surface area contributed by atoms with E-state index in [0.29, 0.717) is 0 Å². The standard InChI is InChI=1S/C37H30N2S2/c1-24-32(22-36(40-24)27-9-4-3-5-10-27)30-11-8-12-31(30)33-23-37(41-25(33)2)28-16-14-26(15-17-28)29-18-20-39-35(21-29)34-13-6-7-19-38-34/h3-7,9-10,13-23H,8,11-12H2,1-2H3. The van der Waals surface area contributed by atoms with Crippen molar-refractivity contribution >= 4 is 33.8 Å². The Balaban J connectivity index is 1.18. The summed E-state index contributed by atoms with van der Waals surface area (Å²) in [6, 6.07) is 34.7. The molecule has 0 radical (unpaired) electrons. The van der Waals surface area contributed by atoms with E-state index in [1.54, 1.807) is 11.1 Å². The predicted octanol–water partition coefficient (Wildman–Crippen LogP) is 11.0. The van der Waals surface area contributed by atoms with Gasteiger partial charge in [-0.3, -0.25) is 9.97 Å². The maximum absolute atomic E-state index is 4.54. The summed E-state index contributed by atoms with van der Waals surface area (Å²) in [4.78, 5) is 14.5. The topological polar surface area (TPSA) is 25.8 Å². The van der Waals surface area contributed by atoms with Crippen molar-refractivity contribution in [1.82, 2.24) is 9.97 Å². The van der Waals surface area contributed by atoms with Gasteiger partial charge in [-0.1, -0.05) is 60.7 Å². The van der Waals surface area contributed by atoms with E-state index < -0.39 is 0 Å². The molecule has 0 aliphatic heterocycles. The van der Waals surface area contributed by atoms with Gasteiger partial charge in [0.15, 0.2) is 0 Å². The first kappa shape index (κ1) is 25.8. The first-order valence-electron chi connectivity index (χ1n) is 14.1. The van der Waals surface area contributed by atoms with Gasteiger partial charge in [-0.05, 0) is 114 Å². The third-order valence-corrected chi connectivity index (χ3v) is 10.2. The Bertz CT molecular complexity index is 1860. The number of aromatic nitrogens is 2. The van der Waals surface area contributed by atoms with E-state index in [4.69, 9.17) is 0 Å². The fourth-order valence-electron chi connectivity index (χ4n) is 5.88. The van der Waals surface area contributed by atoms with Crippen LogP contribution in [0.25, 0.3) is 54.5 Å². The lowest BCUT2D eigenvalue weighted by molar-refractivity contribution is 0.941. The number of hydrogen-bond donors (Lipinski definition) is 0. The Morgan fingerprint density at radius 3 is 1.73 bits per heavy atom. The second kappa shape index (κ2) is 11.0. The number of rotatable bonds is 6. The first-order valence-corrected chi connectivity index (χ1v) is 15.7. The molecule has 1 aliphatic carbocycles. The van der Waals surface area contributed by atoms with Crippen molar-refractivity contribution in [2.75, 3.05) is 0 Å². The SMILES string of the molecule is Cc1sc(-c2ccccc2)cc1C1=C(c2cc(-c3ccc(-c4ccnc(-c5ccccn5)c4)cc3)sc2C)CCC1. The lowest BCUT2D eigenvalue weighted by Gasteiger charge is -2.08. The van der Waals surface area contributed by atoms with E-state index in [1.807, 2.05) is 53.3 Å². The highest BCUT2D eigenvalue weighted by atomic mass is 32.1. The molecule has 0 unspecified atom stereocenters. The zero-order valence-electron chi connectivity index (χ0n) is 23.2. The molecule has 0 bridgehead atoms. The molecule has 2 nitrogen and oxygen atoms in total. The Morgan fingerprint density at radius 2 is 1.10 bits per heavy atom. The maximum Gasteiger partial charge on any atom is 0.0892 e. The molecule has 6 aromatic rings. The molecule has 1 aliphatic rings. The number of aryl methyl sites for hydroxylation is 2. The number of hydrogen-bond acceptors (Lipinski definition) is 4. The molecule has 4 heteroatoms. The second-order valence-corrected chi connectivity index (χ2v) is 13.1. The minimum atomic E-state index is 0.891. The van der Waals surface area contributed by atoms with Crippen molar-refractivity contribution in [3.63, 3.8) is 0 Å². The van der Waals surface area contributed by atoms with Crippen molar-refractivity contribution < 1.29 is 0 Å². The molecule has 0 fully saturated rings. The third kappa shape index (κ3) is 5.10. The highest BCUT2D eigenvalue weighted by molar-refractivity contribution is 7.16. The normalized spacial score (nSPS) is 13.2. The van der Waals surface area contributed by atoms with Crippen molar-refractivity contribution in [2.24, 2.45) is 0 Å². The van der Waals surface area contributed by atoms with Crippen LogP contribution in [0.1, 0.15) is 40.1 Å². The Hall–Kier alpha value is -4.12. The molecule has 4 aromatic heterocycles. The molecule has 200 valence electrons. The van der Waals surface area contributed by atoms with Gasteiger partial charge in [0.2, 0.25) is 0 Å². The highest BCUT2D eigenvalue weighted by Crippen LogP contribution is 2.47. The fourth-order valence-corrected chi connectivity index (χ4v) is 7.99. The molecule has 0 amide bonds. The van der Waals surface area contributed by atoms with Crippen LogP contribution in [0.4, 0.5) is 0 Å². The van der Waals surface area contributed by atoms with Crippen LogP contribution in [-0.4, -0.2) is 9.97 Å². The van der Waals surface area contributed by atoms with E-state index in [0.717, 1.165) is 29.8 Å². The van der Waals surface area contributed by atoms with Gasteiger partial charge in [0, 0.05) is 31.9 Å². The quantitative estimate of drug-likeness (QED) is 0.200. The summed E-state index contributed by atoms with van der Waals surface area (Å²) < 4.78 is 0. The molecule has 7 rings (SSSR count). The molecule has 0 N–H and O–H groups in total. The van der Waals surface area contributed by atoms with Crippen molar-refractivity contribution in [3.05, 3.63) is 130 Å². The molecule has 0 spiro atoms. The summed E-state index contributed by atoms with van der Waals surface area (Å²) in [7, 11) is 0. The van der Waals surface area contributed by atoms with Gasteiger partial charge >= 0.3 is 0 Å². The fraction of sp³-hybridized carbons (Fsp3) is 0.135. The average Bonchev–Trinajstić information content (AvgIpc) is 3.76. The van der Waals surface area contributed by atoms with Crippen LogP contribution in [-0.2, 0) is 0 Å². The van der Waals surface area contributed by atoms with E-state index in [1.165, 1.54) is 53.7 Å². The van der Waals surface area contributed by atoms with Crippen molar-refractivity contribution in [3.8, 4) is 43.4 Å². The lowest BCUT2D eigenvalue weighted by atomic mass is 9.96. The van der Waals surface area contributed by atoms with Crippen molar-refractivity contribution in [2.45, 2.75) is 33.1 Å². The van der Waals surface area contributed by atoms with E-state index in [9.17, 15) is 0 Å². The smallest absolute Gasteiger partial charge is 0.0892 e. The van der Waals surface area contributed by atoms with Crippen LogP contribution in [0, 0.1) is 13.8 Å². The minimum Gasteiger partial charge on any atom is -0.255 e. The van der Waals surface area contributed by atoms with E-state index in [-0.39, 0.29) is 0 Å². The first-order chi connectivity index (χ1) is 20.1. The highest BCUT2D eigenvalue weighted by Gasteiger charge is 2.23. The average molecular weight is 567 g/mol. The van der Waals surface area contributed by atoms with Crippen LogP contribution >= 0.6 is 22.7 Å². The zero-order chi connectivity index (χ0) is 27.8. The van der Waals surface area contributed by atoms with Gasteiger partial charge in [0.05, 0.1) is 11.4 Å². The van der Waals surface area contributed by atoms with Crippen LogP contribution in [0.3, 0.4) is 0 Å². The third-order valence-electron chi connectivity index (χ3n) is 7.95. The largest absolute Gasteiger partial charge is 0.255 e. The Morgan fingerprint density at radius 1 is 0.512 bits per heavy atom. The summed E-state index contributed by atoms with van der Waals surface area (Å²) in [6.45, 7) is 4.57. The molecule has 0 saturated heterocycles. The molecule has 4 heterocycles. The Kier molecular flexibility index (Phi) is 6.95. The maximum atomic E-state index is 4.54. The van der Waals surface area contributed by atoms with Gasteiger partial charge in [-0.25, -0.2) is 0 Å². The molecule has 0 atom stereocenters. The minimum absolute atomic E-state index is 0.891. The van der Waals surface area contributed by atoms with Gasteiger partial charge < -0.3 is 0 Å². The van der Waals surface area contributed by atoms with Crippen molar-refractivity contribution in [1.29, 1.82) is 0 Å². The van der Waals surface area contributed by atoms with Gasteiger partial charge in [0.1, 0.15) is 0 Å². The van der Waals surface area contributed by atoms with Gasteiger partial charge in [-0.15, -0.1) is 22.7 Å². The number of pyridine rings is 2. The molecular weight excluding hydrogens is 537 g/mol. The van der Waals surface area contributed by atoms with Crippen LogP contribution in [0.5, 0.6) is 0 Å². The number of thiophene rings is 2. The molecule has 0 saturated carbocycles. The summed E-state index contributed by atoms with van der Waals surface area (Å²) in [5.41, 5.74) is 12.7. The number of allylic oxidation sites excluding steroid dienone is 2. The van der Waals surface area contributed by atoms with E-state index in [2.05, 4.69) is 103 Å². The molecular formula is C37H30N2S2. The lowest BCUT2D eigenvalue weighted by Crippen LogP contribution is -1.87.